The molecule has 0 aliphatic carbocycles. The molecule has 0 aromatic carbocycles. The first-order valence-corrected chi connectivity index (χ1v) is 9.14. The third kappa shape index (κ3) is 3.74. The van der Waals surface area contributed by atoms with Gasteiger partial charge < -0.3 is 4.52 Å². The molecule has 1 N–H and O–H groups in total. The summed E-state index contributed by atoms with van der Waals surface area (Å²) in [5, 5.41) is 6.44. The van der Waals surface area contributed by atoms with E-state index in [-0.39, 0.29) is 11.3 Å². The van der Waals surface area contributed by atoms with E-state index >= 15 is 0 Å². The Morgan fingerprint density at radius 2 is 1.91 bits per heavy atom. The molecular weight excluding hydrogens is 318 g/mol. The molecule has 0 bridgehead atoms. The first-order chi connectivity index (χ1) is 10.4. The minimum Gasteiger partial charge on any atom is -0.338 e. The largest absolute Gasteiger partial charge is 0.338 e. The molecule has 23 heavy (non-hydrogen) atoms. The first-order valence-electron chi connectivity index (χ1n) is 7.70. The van der Waals surface area contributed by atoms with Crippen molar-refractivity contribution < 1.29 is 17.7 Å². The number of nitrogens with zero attached hydrogens (tertiary/aromatic N) is 2. The van der Waals surface area contributed by atoms with E-state index in [9.17, 15) is 13.2 Å². The molecular formula is C15H25N3O4S. The van der Waals surface area contributed by atoms with Crippen LogP contribution in [-0.2, 0) is 21.2 Å². The Kier molecular flexibility index (Phi) is 4.60. The quantitative estimate of drug-likeness (QED) is 0.883. The van der Waals surface area contributed by atoms with E-state index in [4.69, 9.17) is 4.52 Å². The second-order valence-corrected chi connectivity index (χ2v) is 10.1. The predicted octanol–water partition coefficient (Wildman–Crippen LogP) is 2.02. The van der Waals surface area contributed by atoms with Gasteiger partial charge in [-0.3, -0.25) is 10.1 Å². The number of anilines is 1. The molecule has 1 amide bonds. The van der Waals surface area contributed by atoms with E-state index in [0.717, 1.165) is 12.1 Å². The predicted molar refractivity (Wildman–Crippen MR) is 87.5 cm³/mol. The van der Waals surface area contributed by atoms with E-state index < -0.39 is 20.7 Å². The van der Waals surface area contributed by atoms with Gasteiger partial charge in [0.1, 0.15) is 0 Å². The molecule has 0 saturated carbocycles. The van der Waals surface area contributed by atoms with Gasteiger partial charge in [0.05, 0.1) is 5.69 Å². The van der Waals surface area contributed by atoms with Crippen molar-refractivity contribution in [1.82, 2.24) is 9.46 Å². The summed E-state index contributed by atoms with van der Waals surface area (Å²) >= 11 is 0. The smallest absolute Gasteiger partial charge is 0.249 e. The van der Waals surface area contributed by atoms with E-state index in [1.807, 2.05) is 0 Å². The highest BCUT2D eigenvalue weighted by Gasteiger charge is 2.47. The zero-order chi connectivity index (χ0) is 17.5. The molecule has 7 nitrogen and oxygen atoms in total. The van der Waals surface area contributed by atoms with Gasteiger partial charge in [0.15, 0.2) is 4.75 Å². The zero-order valence-electron chi connectivity index (χ0n) is 14.3. The normalized spacial score (nSPS) is 16.9. The third-order valence-corrected chi connectivity index (χ3v) is 6.37. The number of nitrogens with one attached hydrogen (secondary N) is 1. The molecule has 1 fully saturated rings. The second kappa shape index (κ2) is 5.90. The van der Waals surface area contributed by atoms with Gasteiger partial charge in [-0.05, 0) is 32.1 Å². The summed E-state index contributed by atoms with van der Waals surface area (Å²) in [6, 6.07) is 1.63. The van der Waals surface area contributed by atoms with Crippen molar-refractivity contribution in [2.75, 3.05) is 18.4 Å². The van der Waals surface area contributed by atoms with Gasteiger partial charge in [-0.2, -0.15) is 0 Å². The molecule has 0 atom stereocenters. The van der Waals surface area contributed by atoms with Crippen molar-refractivity contribution in [2.24, 2.45) is 5.41 Å². The SMILES string of the molecule is CC(C)(C)Cc1cc(NC(=O)C(C)(C)S(=O)(=O)N2CCC2)on1. The Balaban J connectivity index is 2.09. The topological polar surface area (TPSA) is 92.5 Å². The van der Waals surface area contributed by atoms with Crippen molar-refractivity contribution in [3.8, 4) is 0 Å². The molecule has 2 heterocycles. The molecule has 0 unspecified atom stereocenters. The number of hydrogen-bond donors (Lipinski definition) is 1. The second-order valence-electron chi connectivity index (χ2n) is 7.64. The summed E-state index contributed by atoms with van der Waals surface area (Å²) in [4.78, 5) is 12.4. The summed E-state index contributed by atoms with van der Waals surface area (Å²) in [6.07, 6.45) is 1.52. The molecule has 1 aromatic heterocycles. The van der Waals surface area contributed by atoms with Crippen LogP contribution >= 0.6 is 0 Å². The lowest BCUT2D eigenvalue weighted by atomic mass is 9.91. The number of rotatable bonds is 5. The van der Waals surface area contributed by atoms with Crippen LogP contribution in [0.15, 0.2) is 10.6 Å². The Morgan fingerprint density at radius 3 is 2.39 bits per heavy atom. The molecule has 0 radical (unpaired) electrons. The lowest BCUT2D eigenvalue weighted by Gasteiger charge is -2.36. The summed E-state index contributed by atoms with van der Waals surface area (Å²) in [7, 11) is -3.68. The Bertz CT molecular complexity index is 682. The van der Waals surface area contributed by atoms with Gasteiger partial charge in [0.25, 0.3) is 0 Å². The number of hydrogen-bond acceptors (Lipinski definition) is 5. The fourth-order valence-electron chi connectivity index (χ4n) is 2.23. The molecule has 1 saturated heterocycles. The maximum absolute atomic E-state index is 12.5. The fraction of sp³-hybridized carbons (Fsp3) is 0.733. The van der Waals surface area contributed by atoms with Crippen LogP contribution in [0.1, 0.15) is 46.7 Å². The monoisotopic (exact) mass is 343 g/mol. The van der Waals surface area contributed by atoms with Gasteiger partial charge in [-0.15, -0.1) is 0 Å². The number of carbonyl (C=O) groups is 1. The van der Waals surface area contributed by atoms with Crippen LogP contribution in [0, 0.1) is 5.41 Å². The highest BCUT2D eigenvalue weighted by atomic mass is 32.2. The van der Waals surface area contributed by atoms with Crippen LogP contribution in [-0.4, -0.2) is 41.6 Å². The molecule has 0 spiro atoms. The van der Waals surface area contributed by atoms with Gasteiger partial charge in [-0.1, -0.05) is 25.9 Å². The summed E-state index contributed by atoms with van der Waals surface area (Å²) in [5.74, 6) is -0.455. The number of carbonyl (C=O) groups excluding carboxylic acids is 1. The number of sulfonamides is 1. The third-order valence-electron chi connectivity index (χ3n) is 3.85. The lowest BCUT2D eigenvalue weighted by molar-refractivity contribution is -0.118. The van der Waals surface area contributed by atoms with Crippen LogP contribution in [0.5, 0.6) is 0 Å². The highest BCUT2D eigenvalue weighted by Crippen LogP contribution is 2.27. The van der Waals surface area contributed by atoms with Gasteiger partial charge in [-0.25, -0.2) is 12.7 Å². The van der Waals surface area contributed by atoms with Crippen LogP contribution in [0.4, 0.5) is 5.88 Å². The van der Waals surface area contributed by atoms with Gasteiger partial charge in [0, 0.05) is 19.2 Å². The van der Waals surface area contributed by atoms with E-state index in [0.29, 0.717) is 19.5 Å². The van der Waals surface area contributed by atoms with Crippen molar-refractivity contribution >= 4 is 21.8 Å². The van der Waals surface area contributed by atoms with Crippen LogP contribution in [0.2, 0.25) is 0 Å². The van der Waals surface area contributed by atoms with Crippen molar-refractivity contribution in [2.45, 2.75) is 52.2 Å². The molecule has 1 aliphatic rings. The minimum atomic E-state index is -3.68. The van der Waals surface area contributed by atoms with Gasteiger partial charge >= 0.3 is 0 Å². The van der Waals surface area contributed by atoms with Crippen LogP contribution in [0.25, 0.3) is 0 Å². The Hall–Kier alpha value is -1.41. The standard InChI is InChI=1S/C15H25N3O4S/c1-14(2,3)10-11-9-12(22-17-11)16-13(19)15(4,5)23(20,21)18-7-6-8-18/h9H,6-8,10H2,1-5H3,(H,16,19). The average Bonchev–Trinajstić information content (AvgIpc) is 2.70. The van der Waals surface area contributed by atoms with E-state index in [1.165, 1.54) is 18.2 Å². The zero-order valence-corrected chi connectivity index (χ0v) is 15.2. The summed E-state index contributed by atoms with van der Waals surface area (Å²) < 4.78 is 29.8. The Labute approximate surface area is 137 Å². The average molecular weight is 343 g/mol. The van der Waals surface area contributed by atoms with Crippen molar-refractivity contribution in [1.29, 1.82) is 0 Å². The molecule has 2 rings (SSSR count). The maximum atomic E-state index is 12.5. The molecule has 130 valence electrons. The molecule has 1 aromatic rings. The van der Waals surface area contributed by atoms with E-state index in [2.05, 4.69) is 31.2 Å². The Morgan fingerprint density at radius 1 is 1.30 bits per heavy atom. The van der Waals surface area contributed by atoms with E-state index in [1.54, 1.807) is 6.07 Å². The fourth-order valence-corrected chi connectivity index (χ4v) is 3.90. The van der Waals surface area contributed by atoms with Gasteiger partial charge in [0.2, 0.25) is 21.8 Å². The summed E-state index contributed by atoms with van der Waals surface area (Å²) in [5.41, 5.74) is 0.759. The van der Waals surface area contributed by atoms with Crippen LogP contribution < -0.4 is 5.32 Å². The maximum Gasteiger partial charge on any atom is 0.249 e. The molecule has 1 aliphatic heterocycles. The molecule has 8 heteroatoms. The van der Waals surface area contributed by atoms with Crippen molar-refractivity contribution in [3.05, 3.63) is 11.8 Å². The van der Waals surface area contributed by atoms with Crippen molar-refractivity contribution in [3.63, 3.8) is 0 Å². The number of amides is 1. The minimum absolute atomic E-state index is 0.0399. The highest BCUT2D eigenvalue weighted by molar-refractivity contribution is 7.91. The lowest BCUT2D eigenvalue weighted by Crippen LogP contribution is -2.55. The summed E-state index contributed by atoms with van der Waals surface area (Å²) in [6.45, 7) is 9.97. The number of aromatic nitrogens is 1. The first kappa shape index (κ1) is 17.9. The van der Waals surface area contributed by atoms with Crippen LogP contribution in [0.3, 0.4) is 0 Å².